The first-order chi connectivity index (χ1) is 28.2. The van der Waals surface area contributed by atoms with Crippen LogP contribution in [0.15, 0.2) is 67.0 Å². The van der Waals surface area contributed by atoms with Crippen LogP contribution in [0.4, 0.5) is 0 Å². The van der Waals surface area contributed by atoms with Gasteiger partial charge in [0.15, 0.2) is 17.5 Å². The summed E-state index contributed by atoms with van der Waals surface area (Å²) in [4.78, 5) is 33.0. The van der Waals surface area contributed by atoms with E-state index in [1.54, 1.807) is 39.1 Å². The number of pyridine rings is 1. The molecule has 2 atom stereocenters. The molecule has 2 aliphatic rings. The fourth-order valence-corrected chi connectivity index (χ4v) is 7.15. The molecule has 1 fully saturated rings. The molecular weight excluding hydrogens is 776 g/mol. The highest BCUT2D eigenvalue weighted by Gasteiger charge is 2.27. The van der Waals surface area contributed by atoms with Gasteiger partial charge in [0, 0.05) is 55.8 Å². The third-order valence-electron chi connectivity index (χ3n) is 9.87. The van der Waals surface area contributed by atoms with E-state index >= 15 is 0 Å². The molecule has 4 aromatic rings. The molecule has 3 heterocycles. The Kier molecular flexibility index (Phi) is 14.2. The molecule has 6 N–H and O–H groups in total. The van der Waals surface area contributed by atoms with E-state index in [9.17, 15) is 14.7 Å². The number of carbonyl (C=O) groups is 2. The number of nitrogens with one attached hydrogen (secondary N) is 3. The maximum atomic E-state index is 13.5. The lowest BCUT2D eigenvalue weighted by Crippen LogP contribution is -2.44. The lowest BCUT2D eigenvalue weighted by Gasteiger charge is -2.24. The zero-order chi connectivity index (χ0) is 42.1. The van der Waals surface area contributed by atoms with Crippen molar-refractivity contribution in [2.24, 2.45) is 5.73 Å². The molecule has 0 radical (unpaired) electrons. The number of aromatic nitrogens is 1. The Bertz CT molecular complexity index is 2140. The van der Waals surface area contributed by atoms with Gasteiger partial charge in [0.2, 0.25) is 0 Å². The quantitative estimate of drug-likeness (QED) is 0.0389. The number of aliphatic hydroxyl groups excluding tert-OH is 1. The number of carbonyl (C=O) groups excluding carboxylic acids is 2. The smallest absolute Gasteiger partial charge is 0.329 e. The van der Waals surface area contributed by atoms with Gasteiger partial charge in [0.25, 0.3) is 5.91 Å². The number of likely N-dealkylation sites (tertiary alicyclic amines) is 1. The average molecular weight is 829 g/mol. The molecule has 6 rings (SSSR count). The Morgan fingerprint density at radius 1 is 1.03 bits per heavy atom. The summed E-state index contributed by atoms with van der Waals surface area (Å²) < 4.78 is 29.9. The number of β-amino-alcohol motifs (C(OH)–C–C–N with tert-alkyl or cyclic N) is 1. The van der Waals surface area contributed by atoms with Gasteiger partial charge in [-0.3, -0.25) is 20.1 Å². The minimum absolute atomic E-state index is 0.0632. The molecule has 1 saturated heterocycles. The van der Waals surface area contributed by atoms with Crippen LogP contribution < -0.4 is 35.3 Å². The minimum Gasteiger partial charge on any atom is -0.488 e. The Hall–Kier alpha value is -5.57. The summed E-state index contributed by atoms with van der Waals surface area (Å²) in [5, 5.41) is 23.5. The topological polar surface area (TPSA) is 191 Å². The van der Waals surface area contributed by atoms with Gasteiger partial charge in [-0.15, -0.1) is 0 Å². The van der Waals surface area contributed by atoms with Crippen molar-refractivity contribution in [2.45, 2.75) is 84.5 Å². The number of nitrogens with two attached hydrogens (primary N) is 1. The molecule has 2 aliphatic heterocycles. The van der Waals surface area contributed by atoms with Crippen molar-refractivity contribution in [1.29, 1.82) is 5.41 Å². The molecule has 0 aliphatic carbocycles. The standard InChI is InChI=1S/C44H53ClN6O8/c1-27-30(7-5-8-34(27)29-10-11-37-40(19-29)56-16-15-55-37)26-58-39-20-38(32(18-35(39)45)23-51-14-12-33(52)24-51)57-25-28-17-31(22-48-21-28)41(53)50-36(9-6-13-49-43(46)47)42(54)59-44(2,3)4/h5,7-8,10-11,17-22,33,36,52H,6,9,12-16,23-26H2,1-4H3,(H,50,53)(H4,46,47,49)/t33-,36?/m0/s1. The van der Waals surface area contributed by atoms with E-state index in [-0.39, 0.29) is 31.2 Å². The average Bonchev–Trinajstić information content (AvgIpc) is 3.61. The van der Waals surface area contributed by atoms with Crippen molar-refractivity contribution in [3.8, 4) is 34.1 Å². The third kappa shape index (κ3) is 12.0. The number of guanidine groups is 1. The molecule has 0 spiro atoms. The SMILES string of the molecule is Cc1c(COc2cc(OCc3cncc(C(=O)NC(CCCNC(=N)N)C(=O)OC(C)(C)C)c3)c(CN3CC[C@H](O)C3)cc2Cl)cccc1-c1ccc2c(c1)OCCO2. The second-order valence-electron chi connectivity index (χ2n) is 15.7. The van der Waals surface area contributed by atoms with E-state index in [2.05, 4.69) is 33.5 Å². The van der Waals surface area contributed by atoms with Crippen molar-refractivity contribution in [1.82, 2.24) is 20.5 Å². The summed E-state index contributed by atoms with van der Waals surface area (Å²) in [5.41, 5.74) is 10.4. The van der Waals surface area contributed by atoms with Crippen molar-refractivity contribution in [3.63, 3.8) is 0 Å². The molecule has 314 valence electrons. The van der Waals surface area contributed by atoms with Crippen LogP contribution in [0.3, 0.4) is 0 Å². The highest BCUT2D eigenvalue weighted by atomic mass is 35.5. The molecular formula is C44H53ClN6O8. The van der Waals surface area contributed by atoms with Gasteiger partial charge < -0.3 is 45.2 Å². The zero-order valence-corrected chi connectivity index (χ0v) is 34.7. The van der Waals surface area contributed by atoms with Gasteiger partial charge >= 0.3 is 5.97 Å². The Balaban J connectivity index is 1.17. The van der Waals surface area contributed by atoms with E-state index in [0.717, 1.165) is 45.9 Å². The van der Waals surface area contributed by atoms with Crippen LogP contribution >= 0.6 is 11.6 Å². The van der Waals surface area contributed by atoms with Gasteiger partial charge in [-0.05, 0) is 93.5 Å². The Morgan fingerprint density at radius 3 is 2.56 bits per heavy atom. The van der Waals surface area contributed by atoms with Crippen molar-refractivity contribution in [3.05, 3.63) is 99.8 Å². The van der Waals surface area contributed by atoms with E-state index < -0.39 is 29.6 Å². The first kappa shape index (κ1) is 43.0. The van der Waals surface area contributed by atoms with E-state index in [4.69, 9.17) is 46.4 Å². The number of benzene rings is 3. The molecule has 1 unspecified atom stereocenters. The van der Waals surface area contributed by atoms with Crippen LogP contribution in [-0.4, -0.2) is 83.4 Å². The van der Waals surface area contributed by atoms with Gasteiger partial charge in [-0.2, -0.15) is 0 Å². The monoisotopic (exact) mass is 828 g/mol. The second-order valence-corrected chi connectivity index (χ2v) is 16.1. The summed E-state index contributed by atoms with van der Waals surface area (Å²) in [6, 6.07) is 16.4. The minimum atomic E-state index is -0.936. The number of esters is 1. The number of nitrogens with zero attached hydrogens (tertiary/aromatic N) is 2. The zero-order valence-electron chi connectivity index (χ0n) is 33.9. The van der Waals surface area contributed by atoms with Crippen LogP contribution in [0.1, 0.15) is 72.6 Å². The number of halogens is 1. The molecule has 1 aromatic heterocycles. The number of ether oxygens (including phenoxy) is 5. The first-order valence-corrected chi connectivity index (χ1v) is 20.1. The molecule has 3 aromatic carbocycles. The van der Waals surface area contributed by atoms with Crippen LogP contribution in [0.2, 0.25) is 5.02 Å². The summed E-state index contributed by atoms with van der Waals surface area (Å²) in [6.45, 7) is 10.8. The summed E-state index contributed by atoms with van der Waals surface area (Å²) >= 11 is 6.86. The maximum absolute atomic E-state index is 13.5. The molecule has 0 bridgehead atoms. The lowest BCUT2D eigenvalue weighted by molar-refractivity contribution is -0.157. The van der Waals surface area contributed by atoms with Crippen LogP contribution in [-0.2, 0) is 29.3 Å². The molecule has 59 heavy (non-hydrogen) atoms. The summed E-state index contributed by atoms with van der Waals surface area (Å²) in [7, 11) is 0. The first-order valence-electron chi connectivity index (χ1n) is 19.7. The lowest BCUT2D eigenvalue weighted by atomic mass is 9.96. The van der Waals surface area contributed by atoms with Crippen molar-refractivity contribution < 1.29 is 38.4 Å². The number of amides is 1. The van der Waals surface area contributed by atoms with Gasteiger partial charge in [-0.25, -0.2) is 4.79 Å². The predicted molar refractivity (Wildman–Crippen MR) is 224 cm³/mol. The molecule has 14 nitrogen and oxygen atoms in total. The van der Waals surface area contributed by atoms with Gasteiger partial charge in [-0.1, -0.05) is 35.9 Å². The maximum Gasteiger partial charge on any atom is 0.329 e. The fraction of sp³-hybridized carbons (Fsp3) is 0.409. The Labute approximate surface area is 349 Å². The van der Waals surface area contributed by atoms with Crippen LogP contribution in [0, 0.1) is 12.3 Å². The largest absolute Gasteiger partial charge is 0.488 e. The number of hydrogen-bond donors (Lipinski definition) is 5. The van der Waals surface area contributed by atoms with E-state index in [1.807, 2.05) is 36.4 Å². The van der Waals surface area contributed by atoms with Gasteiger partial charge in [0.1, 0.15) is 49.6 Å². The normalized spacial score (nSPS) is 15.6. The predicted octanol–water partition coefficient (Wildman–Crippen LogP) is 5.91. The number of rotatable bonds is 16. The third-order valence-corrected chi connectivity index (χ3v) is 10.2. The number of aliphatic hydroxyl groups is 1. The van der Waals surface area contributed by atoms with E-state index in [1.165, 1.54) is 6.20 Å². The summed E-state index contributed by atoms with van der Waals surface area (Å²) in [5.74, 6) is 1.19. The molecule has 15 heteroatoms. The van der Waals surface area contributed by atoms with Gasteiger partial charge in [0.05, 0.1) is 16.7 Å². The van der Waals surface area contributed by atoms with Crippen molar-refractivity contribution >= 4 is 29.4 Å². The fourth-order valence-electron chi connectivity index (χ4n) is 6.90. The molecule has 1 amide bonds. The summed E-state index contributed by atoms with van der Waals surface area (Å²) in [6.07, 6.45) is 4.03. The number of fused-ring (bicyclic) bond motifs is 1. The van der Waals surface area contributed by atoms with Crippen molar-refractivity contribution in [2.75, 3.05) is 32.8 Å². The van der Waals surface area contributed by atoms with Crippen LogP contribution in [0.5, 0.6) is 23.0 Å². The number of hydrogen-bond acceptors (Lipinski definition) is 11. The highest BCUT2D eigenvalue weighted by Crippen LogP contribution is 2.38. The van der Waals surface area contributed by atoms with Crippen LogP contribution in [0.25, 0.3) is 11.1 Å². The highest BCUT2D eigenvalue weighted by molar-refractivity contribution is 6.32. The molecule has 0 saturated carbocycles. The Morgan fingerprint density at radius 2 is 1.81 bits per heavy atom. The van der Waals surface area contributed by atoms with E-state index in [0.29, 0.717) is 67.8 Å². The second kappa shape index (κ2) is 19.5.